The molecule has 1 amide bonds. The fourth-order valence-corrected chi connectivity index (χ4v) is 0.539. The zero-order chi connectivity index (χ0) is 10.9. The standard InChI is InChI=1S/C5H10N2O3S.CH3.Hg/c6-3(2-11)5(10)7-1-4(8)9;;/h3,11H,1-2,6H2,(H,7,10)(H,8,9);1H3;/q;;+1/p-1/t3-;;/m0../s1. The first-order chi connectivity index (χ1) is 6.07. The number of thiol groups is 1. The number of nitrogens with one attached hydrogen (secondary N) is 1. The molecule has 0 aliphatic carbocycles. The first kappa shape index (κ1) is 15.6. The topological polar surface area (TPSA) is 95.2 Å². The number of amides is 1. The Bertz CT molecular complexity index is 168. The Morgan fingerprint density at radius 3 is 2.38 bits per heavy atom. The van der Waals surface area contributed by atoms with E-state index < -0.39 is 24.5 Å². The minimum absolute atomic E-state index is 0.179. The number of carbonyl (C=O) groups excluding carboxylic acids is 2. The van der Waals surface area contributed by atoms with Gasteiger partial charge in [0.1, 0.15) is 0 Å². The number of hydrogen-bond donors (Lipinski definition) is 3. The van der Waals surface area contributed by atoms with E-state index in [1.165, 1.54) is 0 Å². The van der Waals surface area contributed by atoms with E-state index in [0.717, 1.165) is 26.1 Å². The van der Waals surface area contributed by atoms with E-state index in [4.69, 9.17) is 5.73 Å². The van der Waals surface area contributed by atoms with Crippen LogP contribution < -0.4 is 16.2 Å². The van der Waals surface area contributed by atoms with E-state index >= 15 is 0 Å². The molecule has 0 saturated heterocycles. The number of carboxylic acids is 1. The first-order valence-corrected chi connectivity index (χ1v) is 9.75. The molecular formula is C6H12HgN2O3S. The number of rotatable bonds is 4. The second-order valence-corrected chi connectivity index (χ2v) is 2.24. The van der Waals surface area contributed by atoms with Gasteiger partial charge in [0.15, 0.2) is 0 Å². The van der Waals surface area contributed by atoms with Gasteiger partial charge in [0.2, 0.25) is 5.91 Å². The van der Waals surface area contributed by atoms with Crippen LogP contribution in [0.2, 0.25) is 4.43 Å². The second kappa shape index (κ2) is 10.3. The first-order valence-electron chi connectivity index (χ1n) is 3.62. The molecule has 13 heavy (non-hydrogen) atoms. The van der Waals surface area contributed by atoms with E-state index in [1.807, 2.05) is 0 Å². The molecule has 0 heterocycles. The number of hydrogen-bond acceptors (Lipinski definition) is 5. The van der Waals surface area contributed by atoms with Crippen molar-refractivity contribution in [2.24, 2.45) is 5.73 Å². The predicted octanol–water partition coefficient (Wildman–Crippen LogP) is -2.31. The molecule has 0 aromatic carbocycles. The van der Waals surface area contributed by atoms with Crippen LogP contribution >= 0.6 is 12.6 Å². The SMILES string of the molecule is N[C@@H](CS)C(=O)NCC(=O)[O-].[CH3][Hg+]. The summed E-state index contributed by atoms with van der Waals surface area (Å²) in [4.78, 5) is 20.5. The van der Waals surface area contributed by atoms with Crippen molar-refractivity contribution in [1.82, 2.24) is 5.32 Å². The fraction of sp³-hybridized carbons (Fsp3) is 0.667. The number of nitrogens with two attached hydrogens (primary N) is 1. The van der Waals surface area contributed by atoms with E-state index in [9.17, 15) is 14.7 Å². The predicted molar refractivity (Wildman–Crippen MR) is 45.7 cm³/mol. The molecule has 0 bridgehead atoms. The van der Waals surface area contributed by atoms with Crippen LogP contribution in [-0.2, 0) is 35.7 Å². The summed E-state index contributed by atoms with van der Waals surface area (Å²) < 4.78 is 2.19. The quantitative estimate of drug-likeness (QED) is 0.370. The van der Waals surface area contributed by atoms with E-state index in [1.54, 1.807) is 0 Å². The molecule has 72 valence electrons. The minimum atomic E-state index is -1.34. The molecule has 0 unspecified atom stereocenters. The molecule has 1 atom stereocenters. The summed E-state index contributed by atoms with van der Waals surface area (Å²) in [5, 5.41) is 11.9. The van der Waals surface area contributed by atoms with Crippen LogP contribution in [0.1, 0.15) is 0 Å². The van der Waals surface area contributed by atoms with Gasteiger partial charge >= 0.3 is 30.6 Å². The number of aliphatic carboxylic acids is 1. The Kier molecular flexibility index (Phi) is 12.4. The van der Waals surface area contributed by atoms with Gasteiger partial charge in [0, 0.05) is 5.75 Å². The Morgan fingerprint density at radius 2 is 2.08 bits per heavy atom. The zero-order valence-electron chi connectivity index (χ0n) is 7.45. The molecule has 0 saturated carbocycles. The van der Waals surface area contributed by atoms with Crippen molar-refractivity contribution in [1.29, 1.82) is 0 Å². The van der Waals surface area contributed by atoms with Gasteiger partial charge < -0.3 is 21.0 Å². The van der Waals surface area contributed by atoms with Gasteiger partial charge in [0.05, 0.1) is 18.6 Å². The van der Waals surface area contributed by atoms with Gasteiger partial charge in [-0.25, -0.2) is 0 Å². The van der Waals surface area contributed by atoms with Crippen LogP contribution in [-0.4, -0.2) is 30.2 Å². The van der Waals surface area contributed by atoms with Crippen LogP contribution in [0.5, 0.6) is 0 Å². The molecule has 0 spiro atoms. The maximum atomic E-state index is 10.7. The molecule has 3 N–H and O–H groups in total. The molecule has 0 radical (unpaired) electrons. The van der Waals surface area contributed by atoms with Crippen molar-refractivity contribution in [3.05, 3.63) is 0 Å². The number of carbonyl (C=O) groups is 2. The fourth-order valence-electron chi connectivity index (χ4n) is 0.373. The van der Waals surface area contributed by atoms with Gasteiger partial charge in [-0.15, -0.1) is 0 Å². The van der Waals surface area contributed by atoms with Crippen LogP contribution in [0.15, 0.2) is 0 Å². The number of carboxylic acid groups (broad SMARTS) is 1. The average Bonchev–Trinajstić information content (AvgIpc) is 2.16. The summed E-state index contributed by atoms with van der Waals surface area (Å²) in [6.45, 7) is -0.514. The molecule has 5 nitrogen and oxygen atoms in total. The molecule has 0 fully saturated rings. The maximum absolute atomic E-state index is 10.7. The van der Waals surface area contributed by atoms with Crippen molar-refractivity contribution in [3.63, 3.8) is 0 Å². The average molecular weight is 393 g/mol. The summed E-state index contributed by atoms with van der Waals surface area (Å²) >= 11 is 4.78. The second-order valence-electron chi connectivity index (χ2n) is 1.88. The molecule has 0 aliphatic heterocycles. The third-order valence-corrected chi connectivity index (χ3v) is 1.33. The van der Waals surface area contributed by atoms with Gasteiger partial charge in [-0.2, -0.15) is 12.6 Å². The third kappa shape index (κ3) is 10.1. The van der Waals surface area contributed by atoms with Crippen LogP contribution in [0, 0.1) is 0 Å². The molecule has 7 heteroatoms. The van der Waals surface area contributed by atoms with Crippen molar-refractivity contribution < 1.29 is 40.8 Å². The van der Waals surface area contributed by atoms with E-state index in [0.29, 0.717) is 0 Å². The van der Waals surface area contributed by atoms with Crippen LogP contribution in [0.25, 0.3) is 0 Å². The Hall–Kier alpha value is 0.185. The normalized spacial score (nSPS) is 10.8. The molecule has 0 rings (SSSR count). The molecule has 0 aromatic rings. The summed E-state index contributed by atoms with van der Waals surface area (Å²) in [6.07, 6.45) is 0. The van der Waals surface area contributed by atoms with Crippen molar-refractivity contribution >= 4 is 24.5 Å². The molecular weight excluding hydrogens is 381 g/mol. The van der Waals surface area contributed by atoms with Gasteiger partial charge in [0.25, 0.3) is 0 Å². The van der Waals surface area contributed by atoms with Crippen molar-refractivity contribution in [3.8, 4) is 0 Å². The van der Waals surface area contributed by atoms with E-state index in [-0.39, 0.29) is 5.75 Å². The monoisotopic (exact) mass is 394 g/mol. The van der Waals surface area contributed by atoms with Crippen molar-refractivity contribution in [2.45, 2.75) is 10.5 Å². The van der Waals surface area contributed by atoms with Crippen LogP contribution in [0.3, 0.4) is 0 Å². The Morgan fingerprint density at radius 1 is 1.62 bits per heavy atom. The molecule has 0 aromatic heterocycles. The molecule has 0 aliphatic rings. The summed E-state index contributed by atoms with van der Waals surface area (Å²) in [7, 11) is 0. The summed E-state index contributed by atoms with van der Waals surface area (Å²) in [6, 6.07) is -0.766. The van der Waals surface area contributed by atoms with Gasteiger partial charge in [-0.1, -0.05) is 0 Å². The third-order valence-electron chi connectivity index (χ3n) is 0.940. The van der Waals surface area contributed by atoms with Gasteiger partial charge in [-0.3, -0.25) is 4.79 Å². The zero-order valence-corrected chi connectivity index (χ0v) is 13.8. The van der Waals surface area contributed by atoms with Crippen LogP contribution in [0.4, 0.5) is 0 Å². The van der Waals surface area contributed by atoms with Crippen molar-refractivity contribution in [2.75, 3.05) is 12.3 Å². The summed E-state index contributed by atoms with van der Waals surface area (Å²) in [5.74, 6) is -1.70. The summed E-state index contributed by atoms with van der Waals surface area (Å²) in [5.41, 5.74) is 5.20. The Labute approximate surface area is 98.8 Å². The Balaban J connectivity index is 0. The van der Waals surface area contributed by atoms with Gasteiger partial charge in [-0.05, 0) is 0 Å². The van der Waals surface area contributed by atoms with E-state index in [2.05, 4.69) is 22.4 Å².